The molecule has 106 valence electrons. The van der Waals surface area contributed by atoms with Crippen LogP contribution in [0.25, 0.3) is 0 Å². The first kappa shape index (κ1) is 15.4. The molecule has 1 atom stereocenters. The monoisotopic (exact) mass is 352 g/mol. The lowest BCUT2D eigenvalue weighted by Gasteiger charge is -2.16. The highest BCUT2D eigenvalue weighted by molar-refractivity contribution is 9.10. The van der Waals surface area contributed by atoms with Crippen LogP contribution in [0.15, 0.2) is 46.0 Å². The molecule has 5 heteroatoms. The molecule has 2 N–H and O–H groups in total. The van der Waals surface area contributed by atoms with E-state index >= 15 is 0 Å². The highest BCUT2D eigenvalue weighted by Gasteiger charge is 2.13. The Labute approximate surface area is 132 Å². The van der Waals surface area contributed by atoms with E-state index in [1.54, 1.807) is 25.1 Å². The van der Waals surface area contributed by atoms with Crippen LogP contribution in [0.2, 0.25) is 0 Å². The predicted octanol–water partition coefficient (Wildman–Crippen LogP) is 3.95. The fourth-order valence-corrected chi connectivity index (χ4v) is 2.91. The van der Waals surface area contributed by atoms with Gasteiger partial charge in [0.15, 0.2) is 0 Å². The zero-order valence-corrected chi connectivity index (χ0v) is 13.9. The molecule has 0 aliphatic heterocycles. The maximum Gasteiger partial charge on any atom is 0.123 e. The summed E-state index contributed by atoms with van der Waals surface area (Å²) >= 11 is 5.02. The number of nitrogens with zero attached hydrogens (tertiary/aromatic N) is 1. The molecule has 0 fully saturated rings. The van der Waals surface area contributed by atoms with Crippen LogP contribution in [0.3, 0.4) is 0 Å². The van der Waals surface area contributed by atoms with Crippen molar-refractivity contribution in [2.24, 2.45) is 5.73 Å². The van der Waals surface area contributed by atoms with Crippen molar-refractivity contribution in [3.8, 4) is 5.75 Å². The maximum atomic E-state index is 6.28. The molecule has 20 heavy (non-hydrogen) atoms. The zero-order valence-electron chi connectivity index (χ0n) is 11.5. The van der Waals surface area contributed by atoms with Gasteiger partial charge < -0.3 is 10.5 Å². The van der Waals surface area contributed by atoms with E-state index in [1.165, 1.54) is 5.56 Å². The number of halogens is 1. The molecule has 3 nitrogen and oxygen atoms in total. The Kier molecular flexibility index (Phi) is 5.46. The van der Waals surface area contributed by atoms with Gasteiger partial charge in [0, 0.05) is 28.0 Å². The summed E-state index contributed by atoms with van der Waals surface area (Å²) in [6, 6.07) is 9.95. The van der Waals surface area contributed by atoms with Crippen molar-refractivity contribution in [1.82, 2.24) is 4.98 Å². The van der Waals surface area contributed by atoms with Crippen molar-refractivity contribution < 1.29 is 4.74 Å². The molecule has 0 radical (unpaired) electrons. The van der Waals surface area contributed by atoms with E-state index in [-0.39, 0.29) is 6.04 Å². The Morgan fingerprint density at radius 2 is 2.15 bits per heavy atom. The minimum absolute atomic E-state index is 0.0831. The normalized spacial score (nSPS) is 12.2. The Morgan fingerprint density at radius 3 is 2.80 bits per heavy atom. The van der Waals surface area contributed by atoms with Gasteiger partial charge in [-0.25, -0.2) is 4.98 Å². The molecule has 0 amide bonds. The van der Waals surface area contributed by atoms with Crippen LogP contribution in [-0.4, -0.2) is 17.8 Å². The van der Waals surface area contributed by atoms with Gasteiger partial charge in [0.2, 0.25) is 0 Å². The smallest absolute Gasteiger partial charge is 0.123 e. The molecule has 0 aliphatic rings. The van der Waals surface area contributed by atoms with Crippen LogP contribution in [0, 0.1) is 6.92 Å². The number of methoxy groups -OCH3 is 1. The van der Waals surface area contributed by atoms with Crippen molar-refractivity contribution in [2.75, 3.05) is 12.9 Å². The lowest BCUT2D eigenvalue weighted by atomic mass is 10.1. The third-order valence-corrected chi connectivity index (χ3v) is 4.43. The van der Waals surface area contributed by atoms with Crippen molar-refractivity contribution in [3.63, 3.8) is 0 Å². The largest absolute Gasteiger partial charge is 0.496 e. The Bertz CT molecular complexity index is 575. The average molecular weight is 353 g/mol. The Balaban J connectivity index is 2.06. The molecule has 0 bridgehead atoms. The molecule has 1 heterocycles. The summed E-state index contributed by atoms with van der Waals surface area (Å²) in [6.07, 6.45) is 1.79. The minimum Gasteiger partial charge on any atom is -0.496 e. The first-order chi connectivity index (χ1) is 9.60. The van der Waals surface area contributed by atoms with Gasteiger partial charge in [-0.2, -0.15) is 0 Å². The Hall–Kier alpha value is -1.04. The second kappa shape index (κ2) is 7.11. The number of thioether (sulfide) groups is 1. The number of ether oxygens (including phenoxy) is 1. The van der Waals surface area contributed by atoms with Crippen molar-refractivity contribution >= 4 is 27.7 Å². The molecule has 0 aliphatic carbocycles. The van der Waals surface area contributed by atoms with Crippen LogP contribution in [0.5, 0.6) is 5.75 Å². The molecular formula is C15H17BrN2OS. The van der Waals surface area contributed by atoms with Crippen LogP contribution in [0.4, 0.5) is 0 Å². The number of pyridine rings is 1. The molecule has 2 rings (SSSR count). The maximum absolute atomic E-state index is 6.28. The zero-order chi connectivity index (χ0) is 14.5. The number of hydrogen-bond donors (Lipinski definition) is 1. The van der Waals surface area contributed by atoms with Crippen LogP contribution >= 0.6 is 27.7 Å². The van der Waals surface area contributed by atoms with Gasteiger partial charge in [-0.05, 0) is 41.1 Å². The van der Waals surface area contributed by atoms with Gasteiger partial charge in [0.1, 0.15) is 5.75 Å². The minimum atomic E-state index is -0.0831. The first-order valence-electron chi connectivity index (χ1n) is 6.24. The molecule has 0 saturated carbocycles. The SMILES string of the molecule is COc1ccc(C)cc1C(N)CSc1ccc(Br)cn1. The van der Waals surface area contributed by atoms with Crippen LogP contribution in [-0.2, 0) is 0 Å². The molecule has 0 spiro atoms. The third-order valence-electron chi connectivity index (χ3n) is 2.90. The van der Waals surface area contributed by atoms with E-state index in [4.69, 9.17) is 10.5 Å². The number of rotatable bonds is 5. The van der Waals surface area contributed by atoms with Crippen LogP contribution < -0.4 is 10.5 Å². The number of aromatic nitrogens is 1. The summed E-state index contributed by atoms with van der Waals surface area (Å²) in [6.45, 7) is 2.05. The number of aryl methyl sites for hydroxylation is 1. The second-order valence-electron chi connectivity index (χ2n) is 4.48. The van der Waals surface area contributed by atoms with E-state index in [0.29, 0.717) is 0 Å². The first-order valence-corrected chi connectivity index (χ1v) is 8.02. The van der Waals surface area contributed by atoms with E-state index in [1.807, 2.05) is 24.3 Å². The van der Waals surface area contributed by atoms with Gasteiger partial charge in [0.25, 0.3) is 0 Å². The van der Waals surface area contributed by atoms with Gasteiger partial charge in [0.05, 0.1) is 12.1 Å². The van der Waals surface area contributed by atoms with E-state index in [2.05, 4.69) is 33.9 Å². The van der Waals surface area contributed by atoms with Gasteiger partial charge >= 0.3 is 0 Å². The molecule has 1 unspecified atom stereocenters. The van der Waals surface area contributed by atoms with Crippen LogP contribution in [0.1, 0.15) is 17.2 Å². The quantitative estimate of drug-likeness (QED) is 0.827. The molecule has 1 aromatic heterocycles. The topological polar surface area (TPSA) is 48.1 Å². The molecular weight excluding hydrogens is 336 g/mol. The van der Waals surface area contributed by atoms with Crippen molar-refractivity contribution in [2.45, 2.75) is 18.0 Å². The fraction of sp³-hybridized carbons (Fsp3) is 0.267. The summed E-state index contributed by atoms with van der Waals surface area (Å²) in [7, 11) is 1.67. The highest BCUT2D eigenvalue weighted by Crippen LogP contribution is 2.29. The van der Waals surface area contributed by atoms with Crippen molar-refractivity contribution in [3.05, 3.63) is 52.1 Å². The number of nitrogens with two attached hydrogens (primary N) is 1. The van der Waals surface area contributed by atoms with Crippen molar-refractivity contribution in [1.29, 1.82) is 0 Å². The average Bonchev–Trinajstić information content (AvgIpc) is 2.46. The fourth-order valence-electron chi connectivity index (χ4n) is 1.86. The molecule has 1 aromatic carbocycles. The summed E-state index contributed by atoms with van der Waals surface area (Å²) < 4.78 is 6.36. The van der Waals surface area contributed by atoms with E-state index in [0.717, 1.165) is 26.6 Å². The lowest BCUT2D eigenvalue weighted by Crippen LogP contribution is -2.14. The highest BCUT2D eigenvalue weighted by atomic mass is 79.9. The molecule has 0 saturated heterocycles. The van der Waals surface area contributed by atoms with E-state index < -0.39 is 0 Å². The standard InChI is InChI=1S/C15H17BrN2OS/c1-10-3-5-14(19-2)12(7-10)13(17)9-20-15-6-4-11(16)8-18-15/h3-8,13H,9,17H2,1-2H3. The van der Waals surface area contributed by atoms with E-state index in [9.17, 15) is 0 Å². The summed E-state index contributed by atoms with van der Waals surface area (Å²) in [5.41, 5.74) is 8.50. The summed E-state index contributed by atoms with van der Waals surface area (Å²) in [5.74, 6) is 1.60. The number of benzene rings is 1. The summed E-state index contributed by atoms with van der Waals surface area (Å²) in [5, 5.41) is 0.968. The van der Waals surface area contributed by atoms with Gasteiger partial charge in [-0.3, -0.25) is 0 Å². The molecule has 2 aromatic rings. The predicted molar refractivity (Wildman–Crippen MR) is 87.3 cm³/mol. The number of hydrogen-bond acceptors (Lipinski definition) is 4. The Morgan fingerprint density at radius 1 is 1.35 bits per heavy atom. The summed E-state index contributed by atoms with van der Waals surface area (Å²) in [4.78, 5) is 4.33. The van der Waals surface area contributed by atoms with Gasteiger partial charge in [-0.1, -0.05) is 17.7 Å². The third kappa shape index (κ3) is 3.98. The van der Waals surface area contributed by atoms with Gasteiger partial charge in [-0.15, -0.1) is 11.8 Å². The lowest BCUT2D eigenvalue weighted by molar-refractivity contribution is 0.407. The second-order valence-corrected chi connectivity index (χ2v) is 6.43.